The van der Waals surface area contributed by atoms with E-state index in [1.165, 1.54) is 0 Å². The van der Waals surface area contributed by atoms with E-state index >= 15 is 0 Å². The van der Waals surface area contributed by atoms with Gasteiger partial charge in [-0.3, -0.25) is 4.79 Å². The van der Waals surface area contributed by atoms with E-state index in [0.717, 1.165) is 12.0 Å². The molecule has 1 heterocycles. The lowest BCUT2D eigenvalue weighted by atomic mass is 9.98. The average molecular weight is 404 g/mol. The molecule has 0 saturated carbocycles. The normalized spacial score (nSPS) is 18.7. The van der Waals surface area contributed by atoms with Crippen molar-refractivity contribution in [1.29, 1.82) is 0 Å². The maximum atomic E-state index is 13.2. The lowest BCUT2D eigenvalue weighted by molar-refractivity contribution is -0.137. The molecule has 1 saturated heterocycles. The van der Waals surface area contributed by atoms with Crippen LogP contribution in [0.5, 0.6) is 0 Å². The molecule has 0 bridgehead atoms. The van der Waals surface area contributed by atoms with Gasteiger partial charge in [0.1, 0.15) is 5.60 Å². The largest absolute Gasteiger partial charge is 0.444 e. The summed E-state index contributed by atoms with van der Waals surface area (Å²) in [4.78, 5) is 29.4. The number of benzene rings is 1. The van der Waals surface area contributed by atoms with Crippen LogP contribution < -0.4 is 5.32 Å². The van der Waals surface area contributed by atoms with Crippen molar-refractivity contribution in [2.75, 3.05) is 26.7 Å². The molecule has 162 valence electrons. The predicted molar refractivity (Wildman–Crippen MR) is 116 cm³/mol. The Bertz CT molecular complexity index is 670. The Morgan fingerprint density at radius 1 is 1.17 bits per heavy atom. The van der Waals surface area contributed by atoms with Gasteiger partial charge < -0.3 is 19.9 Å². The Balaban J connectivity index is 2.08. The molecule has 0 spiro atoms. The van der Waals surface area contributed by atoms with Gasteiger partial charge in [-0.05, 0) is 45.7 Å². The second-order valence-electron chi connectivity index (χ2n) is 9.25. The molecule has 1 N–H and O–H groups in total. The Morgan fingerprint density at radius 3 is 2.38 bits per heavy atom. The van der Waals surface area contributed by atoms with Crippen molar-refractivity contribution >= 4 is 12.0 Å². The lowest BCUT2D eigenvalue weighted by Crippen LogP contribution is -2.57. The zero-order chi connectivity index (χ0) is 21.6. The smallest absolute Gasteiger partial charge is 0.410 e. The maximum Gasteiger partial charge on any atom is 0.410 e. The molecule has 0 aliphatic carbocycles. The first-order chi connectivity index (χ1) is 13.6. The van der Waals surface area contributed by atoms with Crippen LogP contribution in [0.2, 0.25) is 0 Å². The minimum absolute atomic E-state index is 0.0112. The third-order valence-electron chi connectivity index (χ3n) is 5.13. The van der Waals surface area contributed by atoms with E-state index in [1.807, 2.05) is 63.1 Å². The van der Waals surface area contributed by atoms with Gasteiger partial charge in [0.15, 0.2) is 0 Å². The monoisotopic (exact) mass is 403 g/mol. The van der Waals surface area contributed by atoms with Crippen LogP contribution in [0, 0.1) is 5.92 Å². The van der Waals surface area contributed by atoms with E-state index in [1.54, 1.807) is 4.90 Å². The van der Waals surface area contributed by atoms with Gasteiger partial charge >= 0.3 is 6.09 Å². The zero-order valence-electron chi connectivity index (χ0n) is 18.8. The summed E-state index contributed by atoms with van der Waals surface area (Å²) in [6.45, 7) is 11.5. The first-order valence-corrected chi connectivity index (χ1v) is 10.6. The number of rotatable bonds is 6. The van der Waals surface area contributed by atoms with Crippen LogP contribution in [0.25, 0.3) is 0 Å². The number of hydrogen-bond acceptors (Lipinski definition) is 4. The van der Waals surface area contributed by atoms with Gasteiger partial charge in [0.25, 0.3) is 0 Å². The first-order valence-electron chi connectivity index (χ1n) is 10.6. The fourth-order valence-corrected chi connectivity index (χ4v) is 3.79. The standard InChI is InChI=1S/C23H37N3O3/c1-17(2)14-19-16-25(22(28)29-23(3,4)5)12-13-26(19)21(27)15-20(24-6)18-10-8-7-9-11-18/h7-11,17,19-20,24H,12-16H2,1-6H3/t19?,20-/m0/s1. The Morgan fingerprint density at radius 2 is 1.83 bits per heavy atom. The van der Waals surface area contributed by atoms with Crippen molar-refractivity contribution < 1.29 is 14.3 Å². The molecular weight excluding hydrogens is 366 g/mol. The minimum Gasteiger partial charge on any atom is -0.444 e. The van der Waals surface area contributed by atoms with Crippen molar-refractivity contribution in [3.63, 3.8) is 0 Å². The number of piperazine rings is 1. The highest BCUT2D eigenvalue weighted by Crippen LogP contribution is 2.23. The predicted octanol–water partition coefficient (Wildman–Crippen LogP) is 3.83. The number of nitrogens with zero attached hydrogens (tertiary/aromatic N) is 2. The van der Waals surface area contributed by atoms with E-state index in [4.69, 9.17) is 4.74 Å². The van der Waals surface area contributed by atoms with Crippen LogP contribution in [-0.2, 0) is 9.53 Å². The lowest BCUT2D eigenvalue weighted by Gasteiger charge is -2.42. The van der Waals surface area contributed by atoms with Crippen molar-refractivity contribution in [2.45, 2.75) is 65.1 Å². The molecule has 6 heteroatoms. The number of hydrogen-bond donors (Lipinski definition) is 1. The van der Waals surface area contributed by atoms with Crippen LogP contribution in [0.15, 0.2) is 30.3 Å². The van der Waals surface area contributed by atoms with Crippen molar-refractivity contribution in [2.24, 2.45) is 5.92 Å². The number of carbonyl (C=O) groups excluding carboxylic acids is 2. The van der Waals surface area contributed by atoms with Crippen LogP contribution in [0.3, 0.4) is 0 Å². The van der Waals surface area contributed by atoms with E-state index < -0.39 is 5.60 Å². The van der Waals surface area contributed by atoms with Crippen LogP contribution in [0.1, 0.15) is 59.1 Å². The SMILES string of the molecule is CN[C@@H](CC(=O)N1CCN(C(=O)OC(C)(C)C)CC1CC(C)C)c1ccccc1. The second-order valence-corrected chi connectivity index (χ2v) is 9.25. The van der Waals surface area contributed by atoms with E-state index in [9.17, 15) is 9.59 Å². The second kappa shape index (κ2) is 10.1. The first kappa shape index (κ1) is 23.2. The molecule has 6 nitrogen and oxygen atoms in total. The molecule has 1 unspecified atom stereocenters. The summed E-state index contributed by atoms with van der Waals surface area (Å²) >= 11 is 0. The molecule has 1 aliphatic heterocycles. The molecule has 1 fully saturated rings. The summed E-state index contributed by atoms with van der Waals surface area (Å²) in [7, 11) is 1.89. The van der Waals surface area contributed by atoms with Gasteiger partial charge in [-0.25, -0.2) is 4.79 Å². The van der Waals surface area contributed by atoms with Gasteiger partial charge in [-0.2, -0.15) is 0 Å². The maximum absolute atomic E-state index is 13.2. The molecule has 1 aliphatic rings. The van der Waals surface area contributed by atoms with Gasteiger partial charge in [0.05, 0.1) is 0 Å². The Hall–Kier alpha value is -2.08. The van der Waals surface area contributed by atoms with E-state index in [-0.39, 0.29) is 24.1 Å². The summed E-state index contributed by atoms with van der Waals surface area (Å²) in [6, 6.07) is 10.0. The van der Waals surface area contributed by atoms with Gasteiger partial charge in [-0.15, -0.1) is 0 Å². The van der Waals surface area contributed by atoms with Gasteiger partial charge in [-0.1, -0.05) is 44.2 Å². The number of nitrogens with one attached hydrogen (secondary N) is 1. The summed E-state index contributed by atoms with van der Waals surface area (Å²) in [5.41, 5.74) is 0.587. The van der Waals surface area contributed by atoms with Crippen LogP contribution in [0.4, 0.5) is 4.79 Å². The van der Waals surface area contributed by atoms with Gasteiger partial charge in [0.2, 0.25) is 5.91 Å². The summed E-state index contributed by atoms with van der Waals surface area (Å²) in [5, 5.41) is 3.26. The molecule has 2 rings (SSSR count). The van der Waals surface area contributed by atoms with Gasteiger partial charge in [0, 0.05) is 38.1 Å². The average Bonchev–Trinajstić information content (AvgIpc) is 2.64. The Kier molecular flexibility index (Phi) is 8.08. The van der Waals surface area contributed by atoms with Crippen molar-refractivity contribution in [3.05, 3.63) is 35.9 Å². The van der Waals surface area contributed by atoms with Crippen LogP contribution in [-0.4, -0.2) is 60.1 Å². The topological polar surface area (TPSA) is 61.9 Å². The van der Waals surface area contributed by atoms with Crippen LogP contribution >= 0.6 is 0 Å². The fraction of sp³-hybridized carbons (Fsp3) is 0.652. The third kappa shape index (κ3) is 7.03. The molecule has 29 heavy (non-hydrogen) atoms. The highest BCUT2D eigenvalue weighted by Gasteiger charge is 2.35. The van der Waals surface area contributed by atoms with Crippen molar-refractivity contribution in [3.8, 4) is 0 Å². The number of amides is 2. The molecule has 0 radical (unpaired) electrons. The third-order valence-corrected chi connectivity index (χ3v) is 5.13. The Labute approximate surface area is 175 Å². The summed E-state index contributed by atoms with van der Waals surface area (Å²) in [5.74, 6) is 0.561. The van der Waals surface area contributed by atoms with E-state index in [0.29, 0.717) is 32.0 Å². The molecule has 2 amide bonds. The molecule has 2 atom stereocenters. The molecule has 1 aromatic carbocycles. The molecule has 1 aromatic rings. The number of carbonyl (C=O) groups is 2. The van der Waals surface area contributed by atoms with Crippen molar-refractivity contribution in [1.82, 2.24) is 15.1 Å². The summed E-state index contributed by atoms with van der Waals surface area (Å²) < 4.78 is 5.54. The highest BCUT2D eigenvalue weighted by atomic mass is 16.6. The minimum atomic E-state index is -0.521. The molecule has 0 aromatic heterocycles. The molecular formula is C23H37N3O3. The quantitative estimate of drug-likeness (QED) is 0.784. The number of ether oxygens (including phenoxy) is 1. The fourth-order valence-electron chi connectivity index (χ4n) is 3.79. The van der Waals surface area contributed by atoms with E-state index in [2.05, 4.69) is 19.2 Å². The summed E-state index contributed by atoms with van der Waals surface area (Å²) in [6.07, 6.45) is 0.970. The zero-order valence-corrected chi connectivity index (χ0v) is 18.8. The highest BCUT2D eigenvalue weighted by molar-refractivity contribution is 5.78.